The molecule has 0 fully saturated rings. The summed E-state index contributed by atoms with van der Waals surface area (Å²) in [6.45, 7) is 0.713. The molecule has 158 valence electrons. The SMILES string of the molecule is N#CC(=Cc1cn(Cc2cccc3ccccc23)c2ccccc12)c1ccc(C(=O)O)cc1. The van der Waals surface area contributed by atoms with Crippen LogP contribution in [-0.2, 0) is 6.54 Å². The van der Waals surface area contributed by atoms with E-state index in [2.05, 4.69) is 65.4 Å². The fourth-order valence-corrected chi connectivity index (χ4v) is 4.26. The number of aromatic carboxylic acids is 1. The Labute approximate surface area is 191 Å². The predicted octanol–water partition coefficient (Wildman–Crippen LogP) is 6.61. The fraction of sp³-hybridized carbons (Fsp3) is 0.0345. The molecule has 0 radical (unpaired) electrons. The molecule has 0 amide bonds. The van der Waals surface area contributed by atoms with Gasteiger partial charge in [-0.2, -0.15) is 5.26 Å². The van der Waals surface area contributed by atoms with Crippen molar-refractivity contribution in [2.45, 2.75) is 6.54 Å². The molecule has 4 heteroatoms. The van der Waals surface area contributed by atoms with Gasteiger partial charge in [-0.15, -0.1) is 0 Å². The Morgan fingerprint density at radius 1 is 0.848 bits per heavy atom. The molecule has 0 saturated heterocycles. The lowest BCUT2D eigenvalue weighted by molar-refractivity contribution is 0.0697. The second-order valence-corrected chi connectivity index (χ2v) is 7.92. The molecule has 1 aromatic heterocycles. The van der Waals surface area contributed by atoms with Crippen molar-refractivity contribution in [2.24, 2.45) is 0 Å². The van der Waals surface area contributed by atoms with Gasteiger partial charge in [-0.05, 0) is 46.2 Å². The van der Waals surface area contributed by atoms with Crippen LogP contribution in [0.5, 0.6) is 0 Å². The molecule has 0 spiro atoms. The Bertz CT molecular complexity index is 1560. The normalized spacial score (nSPS) is 11.5. The lowest BCUT2D eigenvalue weighted by Crippen LogP contribution is -1.98. The molecule has 1 heterocycles. The molecule has 0 unspecified atom stereocenters. The number of rotatable bonds is 5. The lowest BCUT2D eigenvalue weighted by atomic mass is 10.0. The second kappa shape index (κ2) is 8.49. The number of nitrogens with zero attached hydrogens (tertiary/aromatic N) is 2. The third kappa shape index (κ3) is 3.88. The Kier molecular flexibility index (Phi) is 5.22. The summed E-state index contributed by atoms with van der Waals surface area (Å²) < 4.78 is 2.21. The summed E-state index contributed by atoms with van der Waals surface area (Å²) in [7, 11) is 0. The van der Waals surface area contributed by atoms with E-state index in [1.54, 1.807) is 12.1 Å². The maximum Gasteiger partial charge on any atom is 0.335 e. The zero-order chi connectivity index (χ0) is 22.8. The minimum atomic E-state index is -0.986. The largest absolute Gasteiger partial charge is 0.478 e. The molecule has 5 aromatic rings. The second-order valence-electron chi connectivity index (χ2n) is 7.92. The summed E-state index contributed by atoms with van der Waals surface area (Å²) in [6.07, 6.45) is 3.95. The standard InChI is InChI=1S/C29H20N2O2/c30-17-24(20-12-14-22(15-13-20)29(32)33)16-25-19-31(28-11-4-3-10-27(25)28)18-23-8-5-7-21-6-1-2-9-26(21)23/h1-16,19H,18H2,(H,32,33). The molecular weight excluding hydrogens is 408 g/mol. The Morgan fingerprint density at radius 2 is 1.52 bits per heavy atom. The summed E-state index contributed by atoms with van der Waals surface area (Å²) in [6, 6.07) is 31.5. The van der Waals surface area contributed by atoms with E-state index in [4.69, 9.17) is 5.11 Å². The van der Waals surface area contributed by atoms with Gasteiger partial charge in [-0.1, -0.05) is 72.8 Å². The van der Waals surface area contributed by atoms with E-state index < -0.39 is 5.97 Å². The van der Waals surface area contributed by atoms with Crippen molar-refractivity contribution < 1.29 is 9.90 Å². The first kappa shape index (κ1) is 20.3. The number of allylic oxidation sites excluding steroid dienone is 1. The Hall–Kier alpha value is -4.62. The highest BCUT2D eigenvalue weighted by molar-refractivity contribution is 5.98. The third-order valence-electron chi connectivity index (χ3n) is 5.90. The molecule has 4 nitrogen and oxygen atoms in total. The number of hydrogen-bond donors (Lipinski definition) is 1. The van der Waals surface area contributed by atoms with Crippen LogP contribution in [0, 0.1) is 11.3 Å². The third-order valence-corrected chi connectivity index (χ3v) is 5.90. The van der Waals surface area contributed by atoms with Crippen LogP contribution < -0.4 is 0 Å². The quantitative estimate of drug-likeness (QED) is 0.321. The average Bonchev–Trinajstić information content (AvgIpc) is 3.20. The molecule has 0 atom stereocenters. The van der Waals surface area contributed by atoms with Gasteiger partial charge in [0.2, 0.25) is 0 Å². The monoisotopic (exact) mass is 428 g/mol. The van der Waals surface area contributed by atoms with Gasteiger partial charge in [0, 0.05) is 29.2 Å². The van der Waals surface area contributed by atoms with Gasteiger partial charge in [0.05, 0.1) is 17.2 Å². The molecule has 0 aliphatic carbocycles. The van der Waals surface area contributed by atoms with E-state index in [1.165, 1.54) is 28.5 Å². The van der Waals surface area contributed by atoms with E-state index in [0.717, 1.165) is 16.5 Å². The van der Waals surface area contributed by atoms with Crippen LogP contribution in [0.25, 0.3) is 33.3 Å². The van der Waals surface area contributed by atoms with Crippen molar-refractivity contribution in [1.82, 2.24) is 4.57 Å². The number of carbonyl (C=O) groups is 1. The number of nitriles is 1. The summed E-state index contributed by atoms with van der Waals surface area (Å²) in [5.41, 5.74) is 4.64. The topological polar surface area (TPSA) is 66.0 Å². The predicted molar refractivity (Wildman–Crippen MR) is 132 cm³/mol. The molecule has 0 saturated carbocycles. The van der Waals surface area contributed by atoms with Crippen molar-refractivity contribution in [1.29, 1.82) is 5.26 Å². The lowest BCUT2D eigenvalue weighted by Gasteiger charge is -2.09. The van der Waals surface area contributed by atoms with Gasteiger partial charge < -0.3 is 9.67 Å². The Morgan fingerprint density at radius 3 is 2.27 bits per heavy atom. The van der Waals surface area contributed by atoms with Gasteiger partial charge in [0.25, 0.3) is 0 Å². The highest BCUT2D eigenvalue weighted by atomic mass is 16.4. The number of carboxylic acids is 1. The maximum absolute atomic E-state index is 11.1. The molecule has 1 N–H and O–H groups in total. The van der Waals surface area contributed by atoms with Crippen molar-refractivity contribution in [3.8, 4) is 6.07 Å². The molecule has 5 rings (SSSR count). The van der Waals surface area contributed by atoms with Crippen molar-refractivity contribution >= 4 is 39.3 Å². The van der Waals surface area contributed by atoms with E-state index in [9.17, 15) is 10.1 Å². The molecule has 0 aliphatic rings. The molecule has 0 aliphatic heterocycles. The van der Waals surface area contributed by atoms with Crippen molar-refractivity contribution in [2.75, 3.05) is 0 Å². The zero-order valence-corrected chi connectivity index (χ0v) is 17.8. The number of para-hydroxylation sites is 1. The van der Waals surface area contributed by atoms with Crippen LogP contribution in [0.4, 0.5) is 0 Å². The highest BCUT2D eigenvalue weighted by Gasteiger charge is 2.11. The van der Waals surface area contributed by atoms with Gasteiger partial charge in [-0.25, -0.2) is 4.79 Å². The van der Waals surface area contributed by atoms with E-state index in [1.807, 2.05) is 24.3 Å². The number of aromatic nitrogens is 1. The average molecular weight is 428 g/mol. The molecular formula is C29H20N2O2. The highest BCUT2D eigenvalue weighted by Crippen LogP contribution is 2.28. The number of hydrogen-bond acceptors (Lipinski definition) is 2. The van der Waals surface area contributed by atoms with Crippen LogP contribution in [0.1, 0.15) is 27.0 Å². The van der Waals surface area contributed by atoms with E-state index >= 15 is 0 Å². The van der Waals surface area contributed by atoms with Crippen LogP contribution >= 0.6 is 0 Å². The first-order valence-corrected chi connectivity index (χ1v) is 10.6. The number of benzene rings is 4. The zero-order valence-electron chi connectivity index (χ0n) is 17.8. The van der Waals surface area contributed by atoms with E-state index in [0.29, 0.717) is 17.7 Å². The van der Waals surface area contributed by atoms with Crippen LogP contribution in [0.3, 0.4) is 0 Å². The summed E-state index contributed by atoms with van der Waals surface area (Å²) in [5.74, 6) is -0.986. The van der Waals surface area contributed by atoms with E-state index in [-0.39, 0.29) is 5.56 Å². The summed E-state index contributed by atoms with van der Waals surface area (Å²) >= 11 is 0. The summed E-state index contributed by atoms with van der Waals surface area (Å²) in [5, 5.41) is 22.4. The van der Waals surface area contributed by atoms with Crippen LogP contribution in [-0.4, -0.2) is 15.6 Å². The van der Waals surface area contributed by atoms with Crippen molar-refractivity contribution in [3.63, 3.8) is 0 Å². The number of carboxylic acid groups (broad SMARTS) is 1. The molecule has 4 aromatic carbocycles. The first-order valence-electron chi connectivity index (χ1n) is 10.6. The maximum atomic E-state index is 11.1. The van der Waals surface area contributed by atoms with Crippen LogP contribution in [0.15, 0.2) is 97.2 Å². The van der Waals surface area contributed by atoms with Crippen LogP contribution in [0.2, 0.25) is 0 Å². The minimum absolute atomic E-state index is 0.197. The molecule has 33 heavy (non-hydrogen) atoms. The van der Waals surface area contributed by atoms with Gasteiger partial charge in [-0.3, -0.25) is 0 Å². The first-order chi connectivity index (χ1) is 16.1. The Balaban J connectivity index is 1.58. The smallest absolute Gasteiger partial charge is 0.335 e. The molecule has 0 bridgehead atoms. The summed E-state index contributed by atoms with van der Waals surface area (Å²) in [4.78, 5) is 11.1. The van der Waals surface area contributed by atoms with Gasteiger partial charge in [0.1, 0.15) is 0 Å². The van der Waals surface area contributed by atoms with Gasteiger partial charge >= 0.3 is 5.97 Å². The van der Waals surface area contributed by atoms with Gasteiger partial charge in [0.15, 0.2) is 0 Å². The number of fused-ring (bicyclic) bond motifs is 2. The van der Waals surface area contributed by atoms with Crippen molar-refractivity contribution in [3.05, 3.63) is 119 Å². The fourth-order valence-electron chi connectivity index (χ4n) is 4.26. The minimum Gasteiger partial charge on any atom is -0.478 e.